The van der Waals surface area contributed by atoms with Gasteiger partial charge in [-0.05, 0) is 32.9 Å². The molecule has 0 saturated carbocycles. The van der Waals surface area contributed by atoms with E-state index in [-0.39, 0.29) is 12.2 Å². The summed E-state index contributed by atoms with van der Waals surface area (Å²) >= 11 is 0. The average molecular weight is 316 g/mol. The van der Waals surface area contributed by atoms with Crippen molar-refractivity contribution in [2.45, 2.75) is 39.5 Å². The minimum Gasteiger partial charge on any atom is -0.493 e. The summed E-state index contributed by atoms with van der Waals surface area (Å²) in [5.41, 5.74) is 1.83. The van der Waals surface area contributed by atoms with Gasteiger partial charge in [0.2, 0.25) is 5.89 Å². The van der Waals surface area contributed by atoms with Gasteiger partial charge in [-0.1, -0.05) is 12.1 Å². The number of nitrogens with zero attached hydrogens (tertiary/aromatic N) is 2. The predicted octanol–water partition coefficient (Wildman–Crippen LogP) is 3.35. The second kappa shape index (κ2) is 7.15. The first-order valence-corrected chi connectivity index (χ1v) is 8.20. The zero-order chi connectivity index (χ0) is 16.2. The summed E-state index contributed by atoms with van der Waals surface area (Å²) in [6.45, 7) is 9.42. The van der Waals surface area contributed by atoms with Crippen molar-refractivity contribution in [2.24, 2.45) is 0 Å². The van der Waals surface area contributed by atoms with E-state index in [1.807, 2.05) is 31.2 Å². The van der Waals surface area contributed by atoms with Crippen LogP contribution in [0.5, 0.6) is 5.75 Å². The maximum absolute atomic E-state index is 5.77. The van der Waals surface area contributed by atoms with Gasteiger partial charge < -0.3 is 13.9 Å². The molecular formula is C18H24N2O3. The van der Waals surface area contributed by atoms with Gasteiger partial charge in [0.25, 0.3) is 0 Å². The number of hydrogen-bond donors (Lipinski definition) is 0. The topological polar surface area (TPSA) is 47.7 Å². The molecule has 23 heavy (non-hydrogen) atoms. The highest BCUT2D eigenvalue weighted by Gasteiger charge is 2.23. The standard InChI is InChI=1S/C18H24N2O3/c1-4-21-17-8-6-5-7-16(17)18-19-15(12-22-18)11-20-9-13(2)23-14(3)10-20/h5-8,12-14H,4,9-11H2,1-3H3. The lowest BCUT2D eigenvalue weighted by atomic mass is 10.2. The molecule has 0 amide bonds. The molecule has 2 aromatic rings. The molecule has 5 heteroatoms. The molecule has 1 aliphatic heterocycles. The zero-order valence-electron chi connectivity index (χ0n) is 14.0. The molecule has 0 bridgehead atoms. The molecule has 5 nitrogen and oxygen atoms in total. The van der Waals surface area contributed by atoms with Crippen molar-refractivity contribution in [3.63, 3.8) is 0 Å². The molecule has 1 aromatic heterocycles. The van der Waals surface area contributed by atoms with Gasteiger partial charge in [0.1, 0.15) is 12.0 Å². The molecule has 2 unspecified atom stereocenters. The molecule has 0 spiro atoms. The molecule has 1 fully saturated rings. The van der Waals surface area contributed by atoms with Gasteiger partial charge >= 0.3 is 0 Å². The Balaban J connectivity index is 1.73. The van der Waals surface area contributed by atoms with Gasteiger partial charge in [0.05, 0.1) is 30.1 Å². The number of para-hydroxylation sites is 1. The number of rotatable bonds is 5. The van der Waals surface area contributed by atoms with Crippen LogP contribution < -0.4 is 4.74 Å². The van der Waals surface area contributed by atoms with Gasteiger partial charge in [0.15, 0.2) is 0 Å². The monoisotopic (exact) mass is 316 g/mol. The van der Waals surface area contributed by atoms with Crippen LogP contribution in [0.15, 0.2) is 34.9 Å². The van der Waals surface area contributed by atoms with E-state index >= 15 is 0 Å². The minimum atomic E-state index is 0.254. The molecule has 1 aliphatic rings. The van der Waals surface area contributed by atoms with Crippen LogP contribution >= 0.6 is 0 Å². The highest BCUT2D eigenvalue weighted by molar-refractivity contribution is 5.62. The van der Waals surface area contributed by atoms with E-state index in [0.717, 1.165) is 36.6 Å². The quantitative estimate of drug-likeness (QED) is 0.846. The van der Waals surface area contributed by atoms with Crippen molar-refractivity contribution in [2.75, 3.05) is 19.7 Å². The number of oxazole rings is 1. The summed E-state index contributed by atoms with van der Waals surface area (Å²) in [7, 11) is 0. The van der Waals surface area contributed by atoms with E-state index in [9.17, 15) is 0 Å². The summed E-state index contributed by atoms with van der Waals surface area (Å²) in [5.74, 6) is 1.41. The van der Waals surface area contributed by atoms with Crippen LogP contribution in [-0.2, 0) is 11.3 Å². The van der Waals surface area contributed by atoms with E-state index in [4.69, 9.17) is 13.9 Å². The van der Waals surface area contributed by atoms with Gasteiger partial charge in [-0.25, -0.2) is 4.98 Å². The zero-order valence-corrected chi connectivity index (χ0v) is 14.0. The first-order valence-electron chi connectivity index (χ1n) is 8.20. The Labute approximate surface area is 137 Å². The molecule has 0 radical (unpaired) electrons. The third-order valence-electron chi connectivity index (χ3n) is 3.85. The fourth-order valence-corrected chi connectivity index (χ4v) is 3.07. The van der Waals surface area contributed by atoms with Gasteiger partial charge in [-0.2, -0.15) is 0 Å². The summed E-state index contributed by atoms with van der Waals surface area (Å²) in [5, 5.41) is 0. The smallest absolute Gasteiger partial charge is 0.229 e. The van der Waals surface area contributed by atoms with Crippen LogP contribution in [0.2, 0.25) is 0 Å². The maximum atomic E-state index is 5.77. The third-order valence-corrected chi connectivity index (χ3v) is 3.85. The van der Waals surface area contributed by atoms with Crippen LogP contribution in [0.3, 0.4) is 0 Å². The molecule has 124 valence electrons. The average Bonchev–Trinajstić information content (AvgIpc) is 2.95. The van der Waals surface area contributed by atoms with Crippen molar-refractivity contribution in [1.82, 2.24) is 9.88 Å². The molecule has 1 saturated heterocycles. The molecule has 3 rings (SSSR count). The lowest BCUT2D eigenvalue weighted by Gasteiger charge is -2.34. The number of aromatic nitrogens is 1. The summed E-state index contributed by atoms with van der Waals surface area (Å²) in [6, 6.07) is 7.83. The highest BCUT2D eigenvalue weighted by Crippen LogP contribution is 2.29. The number of morpholine rings is 1. The van der Waals surface area contributed by atoms with Gasteiger partial charge in [-0.15, -0.1) is 0 Å². The van der Waals surface area contributed by atoms with E-state index < -0.39 is 0 Å². The molecule has 0 N–H and O–H groups in total. The Morgan fingerprint density at radius 2 is 1.96 bits per heavy atom. The second-order valence-corrected chi connectivity index (χ2v) is 6.02. The first kappa shape index (κ1) is 16.0. The van der Waals surface area contributed by atoms with Crippen LogP contribution in [-0.4, -0.2) is 41.8 Å². The van der Waals surface area contributed by atoms with E-state index in [0.29, 0.717) is 12.5 Å². The van der Waals surface area contributed by atoms with Crippen molar-refractivity contribution < 1.29 is 13.9 Å². The number of benzene rings is 1. The summed E-state index contributed by atoms with van der Waals surface area (Å²) in [4.78, 5) is 6.99. The van der Waals surface area contributed by atoms with Crippen LogP contribution in [0.25, 0.3) is 11.5 Å². The molecule has 0 aliphatic carbocycles. The maximum Gasteiger partial charge on any atom is 0.229 e. The molecule has 1 aromatic carbocycles. The summed E-state index contributed by atoms with van der Waals surface area (Å²) in [6.07, 6.45) is 2.25. The third kappa shape index (κ3) is 3.92. The number of hydrogen-bond acceptors (Lipinski definition) is 5. The molecule has 2 atom stereocenters. The van der Waals surface area contributed by atoms with Crippen LogP contribution in [0.1, 0.15) is 26.5 Å². The van der Waals surface area contributed by atoms with Crippen molar-refractivity contribution >= 4 is 0 Å². The fraction of sp³-hybridized carbons (Fsp3) is 0.500. The minimum absolute atomic E-state index is 0.254. The Morgan fingerprint density at radius 3 is 2.70 bits per heavy atom. The summed E-state index contributed by atoms with van der Waals surface area (Å²) < 4.78 is 17.1. The van der Waals surface area contributed by atoms with Crippen LogP contribution in [0, 0.1) is 0 Å². The fourth-order valence-electron chi connectivity index (χ4n) is 3.07. The first-order chi connectivity index (χ1) is 11.2. The molecular weight excluding hydrogens is 292 g/mol. The van der Waals surface area contributed by atoms with Crippen LogP contribution in [0.4, 0.5) is 0 Å². The van der Waals surface area contributed by atoms with Crippen molar-refractivity contribution in [3.8, 4) is 17.2 Å². The van der Waals surface area contributed by atoms with E-state index in [1.54, 1.807) is 6.26 Å². The van der Waals surface area contributed by atoms with E-state index in [1.165, 1.54) is 0 Å². The van der Waals surface area contributed by atoms with Crippen molar-refractivity contribution in [3.05, 3.63) is 36.2 Å². The lowest BCUT2D eigenvalue weighted by molar-refractivity contribution is -0.0707. The number of ether oxygens (including phenoxy) is 2. The predicted molar refractivity (Wildman–Crippen MR) is 88.4 cm³/mol. The lowest BCUT2D eigenvalue weighted by Crippen LogP contribution is -2.44. The Bertz CT molecular complexity index is 631. The largest absolute Gasteiger partial charge is 0.493 e. The van der Waals surface area contributed by atoms with E-state index in [2.05, 4.69) is 23.7 Å². The molecule has 2 heterocycles. The second-order valence-electron chi connectivity index (χ2n) is 6.02. The van der Waals surface area contributed by atoms with Gasteiger partial charge in [0, 0.05) is 19.6 Å². The van der Waals surface area contributed by atoms with Crippen molar-refractivity contribution in [1.29, 1.82) is 0 Å². The normalized spacial score (nSPS) is 22.2. The Morgan fingerprint density at radius 1 is 1.22 bits per heavy atom. The van der Waals surface area contributed by atoms with Gasteiger partial charge in [-0.3, -0.25) is 4.90 Å². The Hall–Kier alpha value is -1.85. The Kier molecular flexibility index (Phi) is 4.98. The SMILES string of the molecule is CCOc1ccccc1-c1nc(CN2CC(C)OC(C)C2)co1. The highest BCUT2D eigenvalue weighted by atomic mass is 16.5.